The van der Waals surface area contributed by atoms with Crippen molar-refractivity contribution in [3.05, 3.63) is 35.9 Å². The first kappa shape index (κ1) is 13.4. The summed E-state index contributed by atoms with van der Waals surface area (Å²) in [5, 5.41) is 0. The van der Waals surface area contributed by atoms with Gasteiger partial charge in [-0.2, -0.15) is 0 Å². The van der Waals surface area contributed by atoms with E-state index < -0.39 is 0 Å². The fourth-order valence-corrected chi connectivity index (χ4v) is 4.63. The highest BCUT2D eigenvalue weighted by Crippen LogP contribution is 2.70. The zero-order valence-electron chi connectivity index (χ0n) is 12.5. The largest absolute Gasteiger partial charge is 0.461 e. The second kappa shape index (κ2) is 4.60. The first-order valence-corrected chi connectivity index (χ1v) is 7.98. The lowest BCUT2D eigenvalue weighted by atomic mass is 9.78. The Labute approximate surface area is 126 Å². The second-order valence-corrected chi connectivity index (χ2v) is 7.18. The molecule has 21 heavy (non-hydrogen) atoms. The van der Waals surface area contributed by atoms with Crippen molar-refractivity contribution >= 4 is 13.8 Å². The summed E-state index contributed by atoms with van der Waals surface area (Å²) in [6.07, 6.45) is 5.19. The van der Waals surface area contributed by atoms with Gasteiger partial charge in [-0.05, 0) is 42.6 Å². The van der Waals surface area contributed by atoms with E-state index in [4.69, 9.17) is 9.47 Å². The van der Waals surface area contributed by atoms with Gasteiger partial charge in [0, 0.05) is 6.00 Å². The smallest absolute Gasteiger partial charge is 0.309 e. The minimum Gasteiger partial charge on any atom is -0.461 e. The minimum absolute atomic E-state index is 0.121. The van der Waals surface area contributed by atoms with Crippen LogP contribution in [-0.2, 0) is 20.9 Å². The van der Waals surface area contributed by atoms with Crippen molar-refractivity contribution in [1.82, 2.24) is 0 Å². The van der Waals surface area contributed by atoms with Gasteiger partial charge >= 0.3 is 5.97 Å². The number of benzene rings is 1. The maximum atomic E-state index is 12.2. The van der Waals surface area contributed by atoms with Crippen LogP contribution in [0.15, 0.2) is 30.3 Å². The van der Waals surface area contributed by atoms with Gasteiger partial charge < -0.3 is 9.47 Å². The maximum absolute atomic E-state index is 12.2. The second-order valence-electron chi connectivity index (χ2n) is 7.18. The lowest BCUT2D eigenvalue weighted by Crippen LogP contribution is -2.38. The van der Waals surface area contributed by atoms with Crippen LogP contribution in [0.3, 0.4) is 0 Å². The molecule has 0 radical (unpaired) electrons. The van der Waals surface area contributed by atoms with Crippen LogP contribution in [0.1, 0.15) is 37.7 Å². The van der Waals surface area contributed by atoms with Crippen LogP contribution in [0.25, 0.3) is 0 Å². The third kappa shape index (κ3) is 2.30. The van der Waals surface area contributed by atoms with Crippen LogP contribution in [0.4, 0.5) is 0 Å². The molecule has 1 aliphatic heterocycles. The van der Waals surface area contributed by atoms with Gasteiger partial charge in [-0.15, -0.1) is 0 Å². The van der Waals surface area contributed by atoms with Crippen molar-refractivity contribution in [2.24, 2.45) is 11.3 Å². The van der Waals surface area contributed by atoms with Crippen LogP contribution in [0.2, 0.25) is 0 Å². The van der Waals surface area contributed by atoms with Gasteiger partial charge in [-0.25, -0.2) is 0 Å². The Balaban J connectivity index is 1.37. The van der Waals surface area contributed by atoms with Crippen LogP contribution >= 0.6 is 0 Å². The summed E-state index contributed by atoms with van der Waals surface area (Å²) in [7, 11) is 2.17. The molecular weight excluding hydrogens is 263 g/mol. The third-order valence-corrected chi connectivity index (χ3v) is 5.66. The number of rotatable bonds is 4. The molecule has 110 valence electrons. The van der Waals surface area contributed by atoms with Crippen LogP contribution in [-0.4, -0.2) is 25.4 Å². The molecule has 3 fully saturated rings. The molecule has 1 saturated heterocycles. The van der Waals surface area contributed by atoms with Crippen molar-refractivity contribution in [3.8, 4) is 0 Å². The molecule has 2 aliphatic carbocycles. The maximum Gasteiger partial charge on any atom is 0.309 e. The monoisotopic (exact) mass is 284 g/mol. The first-order chi connectivity index (χ1) is 10.1. The van der Waals surface area contributed by atoms with E-state index in [-0.39, 0.29) is 11.6 Å². The third-order valence-electron chi connectivity index (χ3n) is 5.66. The molecule has 3 aliphatic rings. The van der Waals surface area contributed by atoms with Gasteiger partial charge in [0.25, 0.3) is 0 Å². The first-order valence-electron chi connectivity index (χ1n) is 7.98. The zero-order chi connectivity index (χ0) is 14.5. The Kier molecular flexibility index (Phi) is 2.93. The molecule has 0 amide bonds. The lowest BCUT2D eigenvalue weighted by molar-refractivity contribution is -0.153. The molecule has 4 heteroatoms. The van der Waals surface area contributed by atoms with E-state index in [1.165, 1.54) is 12.8 Å². The predicted molar refractivity (Wildman–Crippen MR) is 81.4 cm³/mol. The summed E-state index contributed by atoms with van der Waals surface area (Å²) >= 11 is 0. The Hall–Kier alpha value is -1.29. The average molecular weight is 284 g/mol. The van der Waals surface area contributed by atoms with Gasteiger partial charge in [0.15, 0.2) is 0 Å². The van der Waals surface area contributed by atoms with Crippen LogP contribution in [0, 0.1) is 11.3 Å². The summed E-state index contributed by atoms with van der Waals surface area (Å²) in [6, 6.07) is 10.1. The van der Waals surface area contributed by atoms with E-state index in [1.54, 1.807) is 0 Å². The highest BCUT2D eigenvalue weighted by atomic mass is 16.5. The van der Waals surface area contributed by atoms with E-state index >= 15 is 0 Å². The standard InChI is InChI=1S/C17H21BO3/c18-15-13-8-17(21-15,11-16(13)6-7-16)9-14(19)20-10-12-4-2-1-3-5-12/h1-5,13,15H,6-11,18H2/t13?,15-,17+/m1/s1. The highest BCUT2D eigenvalue weighted by Gasteiger charge is 2.67. The fourth-order valence-electron chi connectivity index (χ4n) is 4.63. The predicted octanol–water partition coefficient (Wildman–Crippen LogP) is 2.04. The molecule has 0 N–H and O–H groups in total. The van der Waals surface area contributed by atoms with Gasteiger partial charge in [0.1, 0.15) is 14.5 Å². The molecule has 3 atom stereocenters. The number of carbonyl (C=O) groups excluding carboxylic acids is 1. The van der Waals surface area contributed by atoms with E-state index in [1.807, 2.05) is 30.3 Å². The topological polar surface area (TPSA) is 35.5 Å². The molecule has 2 bridgehead atoms. The Bertz CT molecular complexity index is 554. The Morgan fingerprint density at radius 1 is 1.33 bits per heavy atom. The Morgan fingerprint density at radius 3 is 2.76 bits per heavy atom. The van der Waals surface area contributed by atoms with Crippen LogP contribution in [0.5, 0.6) is 0 Å². The summed E-state index contributed by atoms with van der Waals surface area (Å²) < 4.78 is 11.6. The van der Waals surface area contributed by atoms with E-state index in [0.717, 1.165) is 18.4 Å². The van der Waals surface area contributed by atoms with Gasteiger partial charge in [-0.3, -0.25) is 4.79 Å². The van der Waals surface area contributed by atoms with Gasteiger partial charge in [-0.1, -0.05) is 30.3 Å². The quantitative estimate of drug-likeness (QED) is 0.627. The summed E-state index contributed by atoms with van der Waals surface area (Å²) in [5.74, 6) is 0.545. The van der Waals surface area contributed by atoms with E-state index in [0.29, 0.717) is 30.4 Å². The summed E-state index contributed by atoms with van der Waals surface area (Å²) in [4.78, 5) is 12.2. The van der Waals surface area contributed by atoms with Crippen molar-refractivity contribution in [1.29, 1.82) is 0 Å². The molecule has 1 unspecified atom stereocenters. The number of hydrogen-bond donors (Lipinski definition) is 0. The molecule has 0 aromatic heterocycles. The molecule has 1 aromatic carbocycles. The molecular formula is C17H21BO3. The number of fused-ring (bicyclic) bond motifs is 3. The molecule has 4 rings (SSSR count). The molecule has 1 spiro atoms. The van der Waals surface area contributed by atoms with Crippen molar-refractivity contribution < 1.29 is 14.3 Å². The number of ether oxygens (including phenoxy) is 2. The van der Waals surface area contributed by atoms with Gasteiger partial charge in [0.05, 0.1) is 12.0 Å². The Morgan fingerprint density at radius 2 is 2.10 bits per heavy atom. The number of carbonyl (C=O) groups is 1. The summed E-state index contributed by atoms with van der Waals surface area (Å²) in [6.45, 7) is 0.361. The molecule has 1 aromatic rings. The average Bonchev–Trinajstić information content (AvgIpc) is 3.04. The van der Waals surface area contributed by atoms with E-state index in [2.05, 4.69) is 7.85 Å². The van der Waals surface area contributed by atoms with Gasteiger partial charge in [0.2, 0.25) is 0 Å². The number of esters is 1. The highest BCUT2D eigenvalue weighted by molar-refractivity contribution is 6.11. The molecule has 1 heterocycles. The van der Waals surface area contributed by atoms with Crippen molar-refractivity contribution in [2.75, 3.05) is 0 Å². The zero-order valence-corrected chi connectivity index (χ0v) is 12.5. The van der Waals surface area contributed by atoms with E-state index in [9.17, 15) is 4.79 Å². The SMILES string of the molecule is B[C@@H]1O[C@]2(CC(=O)OCc3ccccc3)CC1C1(CC1)C2. The minimum atomic E-state index is -0.228. The van der Waals surface area contributed by atoms with Crippen molar-refractivity contribution in [2.45, 2.75) is 50.3 Å². The lowest BCUT2D eigenvalue weighted by Gasteiger charge is -2.33. The summed E-state index contributed by atoms with van der Waals surface area (Å²) in [5.41, 5.74) is 1.32. The fraction of sp³-hybridized carbons (Fsp3) is 0.588. The molecule has 2 saturated carbocycles. The number of hydrogen-bond acceptors (Lipinski definition) is 3. The normalized spacial score (nSPS) is 35.0. The van der Waals surface area contributed by atoms with Crippen molar-refractivity contribution in [3.63, 3.8) is 0 Å². The molecule has 3 nitrogen and oxygen atoms in total. The van der Waals surface area contributed by atoms with Crippen LogP contribution < -0.4 is 0 Å².